The van der Waals surface area contributed by atoms with E-state index in [2.05, 4.69) is 10.6 Å². The molecule has 104 valence electrons. The van der Waals surface area contributed by atoms with E-state index in [0.29, 0.717) is 25.7 Å². The Labute approximate surface area is 107 Å². The molecule has 3 amide bonds. The van der Waals surface area contributed by atoms with Crippen molar-refractivity contribution in [3.63, 3.8) is 0 Å². The lowest BCUT2D eigenvalue weighted by Gasteiger charge is -2.18. The molecule has 0 aliphatic rings. The van der Waals surface area contributed by atoms with E-state index in [1.54, 1.807) is 0 Å². The molecule has 18 heavy (non-hydrogen) atoms. The molecule has 6 N–H and O–H groups in total. The van der Waals surface area contributed by atoms with Gasteiger partial charge in [-0.3, -0.25) is 4.79 Å². The normalized spacial score (nSPS) is 13.8. The van der Waals surface area contributed by atoms with Crippen LogP contribution < -0.4 is 22.1 Å². The van der Waals surface area contributed by atoms with Crippen molar-refractivity contribution in [1.29, 1.82) is 0 Å². The molecular weight excluding hydrogens is 236 g/mol. The number of carbonyl (C=O) groups excluding carboxylic acids is 3. The maximum absolute atomic E-state index is 11.6. The van der Waals surface area contributed by atoms with E-state index in [0.717, 1.165) is 0 Å². The van der Waals surface area contributed by atoms with Gasteiger partial charge in [-0.05, 0) is 18.8 Å². The lowest BCUT2D eigenvalue weighted by molar-refractivity contribution is -0.126. The van der Waals surface area contributed by atoms with E-state index >= 15 is 0 Å². The van der Waals surface area contributed by atoms with Gasteiger partial charge in [-0.1, -0.05) is 13.8 Å². The van der Waals surface area contributed by atoms with Gasteiger partial charge in [0.05, 0.1) is 12.1 Å². The van der Waals surface area contributed by atoms with Crippen molar-refractivity contribution in [1.82, 2.24) is 10.6 Å². The minimum Gasteiger partial charge on any atom is -0.352 e. The van der Waals surface area contributed by atoms with Gasteiger partial charge >= 0.3 is 6.03 Å². The minimum atomic E-state index is -0.629. The lowest BCUT2D eigenvalue weighted by atomic mass is 10.0. The predicted octanol–water partition coefficient (Wildman–Crippen LogP) is -0.898. The van der Waals surface area contributed by atoms with Crippen molar-refractivity contribution in [3.8, 4) is 0 Å². The van der Waals surface area contributed by atoms with Gasteiger partial charge in [0.2, 0.25) is 5.91 Å². The number of amides is 3. The maximum Gasteiger partial charge on any atom is 0.312 e. The van der Waals surface area contributed by atoms with E-state index in [4.69, 9.17) is 11.5 Å². The molecule has 2 unspecified atom stereocenters. The van der Waals surface area contributed by atoms with Gasteiger partial charge in [0.25, 0.3) is 0 Å². The standard InChI is InChI=1S/C11H22N4O3/c1-7(2)9(12)10(17)15-8(6-16)4-3-5-14-11(13)18/h6-9H,3-5,12H2,1-2H3,(H,15,17)(H3,13,14,18). The van der Waals surface area contributed by atoms with Crippen molar-refractivity contribution in [2.24, 2.45) is 17.4 Å². The van der Waals surface area contributed by atoms with Gasteiger partial charge in [-0.15, -0.1) is 0 Å². The smallest absolute Gasteiger partial charge is 0.312 e. The van der Waals surface area contributed by atoms with Crippen molar-refractivity contribution in [2.45, 2.75) is 38.8 Å². The van der Waals surface area contributed by atoms with Gasteiger partial charge in [0.1, 0.15) is 6.29 Å². The summed E-state index contributed by atoms with van der Waals surface area (Å²) in [6, 6.07) is -1.82. The quantitative estimate of drug-likeness (QED) is 0.332. The molecule has 0 saturated carbocycles. The molecule has 7 heteroatoms. The average molecular weight is 258 g/mol. The van der Waals surface area contributed by atoms with E-state index in [9.17, 15) is 14.4 Å². The van der Waals surface area contributed by atoms with E-state index in [-0.39, 0.29) is 11.8 Å². The molecule has 7 nitrogen and oxygen atoms in total. The van der Waals surface area contributed by atoms with Crippen LogP contribution >= 0.6 is 0 Å². The summed E-state index contributed by atoms with van der Waals surface area (Å²) in [5.41, 5.74) is 10.5. The van der Waals surface area contributed by atoms with Crippen molar-refractivity contribution in [3.05, 3.63) is 0 Å². The SMILES string of the molecule is CC(C)C(N)C(=O)NC(C=O)CCCNC(N)=O. The summed E-state index contributed by atoms with van der Waals surface area (Å²) in [5.74, 6) is -0.334. The molecule has 0 spiro atoms. The van der Waals surface area contributed by atoms with E-state index in [1.807, 2.05) is 13.8 Å². The molecule has 2 atom stereocenters. The number of hydrogen-bond acceptors (Lipinski definition) is 4. The second-order valence-electron chi connectivity index (χ2n) is 4.45. The molecule has 0 aliphatic carbocycles. The van der Waals surface area contributed by atoms with Crippen LogP contribution in [0.2, 0.25) is 0 Å². The van der Waals surface area contributed by atoms with Crippen LogP contribution in [0.4, 0.5) is 4.79 Å². The first-order valence-corrected chi connectivity index (χ1v) is 5.93. The Morgan fingerprint density at radius 3 is 2.39 bits per heavy atom. The Bertz CT molecular complexity index is 294. The van der Waals surface area contributed by atoms with Gasteiger partial charge < -0.3 is 26.9 Å². The molecule has 0 bridgehead atoms. The van der Waals surface area contributed by atoms with Crippen molar-refractivity contribution >= 4 is 18.2 Å². The highest BCUT2D eigenvalue weighted by Gasteiger charge is 2.20. The number of hydrogen-bond donors (Lipinski definition) is 4. The van der Waals surface area contributed by atoms with Crippen LogP contribution in [0.15, 0.2) is 0 Å². The molecule has 0 aromatic carbocycles. The Kier molecular flexibility index (Phi) is 7.69. The number of aldehydes is 1. The molecule has 0 fully saturated rings. The van der Waals surface area contributed by atoms with Crippen LogP contribution in [-0.4, -0.2) is 36.9 Å². The van der Waals surface area contributed by atoms with Gasteiger partial charge in [-0.25, -0.2) is 4.79 Å². The van der Waals surface area contributed by atoms with Gasteiger partial charge in [0, 0.05) is 6.54 Å². The monoisotopic (exact) mass is 258 g/mol. The topological polar surface area (TPSA) is 127 Å². The van der Waals surface area contributed by atoms with Crippen molar-refractivity contribution in [2.75, 3.05) is 6.54 Å². The first kappa shape index (κ1) is 16.4. The molecule has 0 aliphatic heterocycles. The third-order valence-corrected chi connectivity index (χ3v) is 2.50. The first-order chi connectivity index (χ1) is 8.38. The number of primary amides is 1. The first-order valence-electron chi connectivity index (χ1n) is 5.93. The molecule has 0 rings (SSSR count). The third-order valence-electron chi connectivity index (χ3n) is 2.50. The Morgan fingerprint density at radius 2 is 1.94 bits per heavy atom. The average Bonchev–Trinajstić information content (AvgIpc) is 2.31. The summed E-state index contributed by atoms with van der Waals surface area (Å²) < 4.78 is 0. The number of urea groups is 1. The summed E-state index contributed by atoms with van der Waals surface area (Å²) in [4.78, 5) is 32.8. The predicted molar refractivity (Wildman–Crippen MR) is 67.6 cm³/mol. The molecule has 0 heterocycles. The minimum absolute atomic E-state index is 0.00818. The van der Waals surface area contributed by atoms with Crippen LogP contribution in [0.5, 0.6) is 0 Å². The number of nitrogens with one attached hydrogen (secondary N) is 2. The van der Waals surface area contributed by atoms with Crippen LogP contribution in [0, 0.1) is 5.92 Å². The number of rotatable bonds is 8. The largest absolute Gasteiger partial charge is 0.352 e. The number of nitrogens with two attached hydrogens (primary N) is 2. The summed E-state index contributed by atoms with van der Waals surface area (Å²) in [6.45, 7) is 4.03. The zero-order valence-corrected chi connectivity index (χ0v) is 10.8. The van der Waals surface area contributed by atoms with Crippen LogP contribution in [0.25, 0.3) is 0 Å². The fourth-order valence-electron chi connectivity index (χ4n) is 1.29. The summed E-state index contributed by atoms with van der Waals surface area (Å²) >= 11 is 0. The van der Waals surface area contributed by atoms with Crippen LogP contribution in [0.1, 0.15) is 26.7 Å². The Hall–Kier alpha value is -1.63. The van der Waals surface area contributed by atoms with Crippen LogP contribution in [-0.2, 0) is 9.59 Å². The fraction of sp³-hybridized carbons (Fsp3) is 0.727. The zero-order valence-electron chi connectivity index (χ0n) is 10.8. The van der Waals surface area contributed by atoms with Gasteiger partial charge in [-0.2, -0.15) is 0 Å². The maximum atomic E-state index is 11.6. The summed E-state index contributed by atoms with van der Waals surface area (Å²) in [7, 11) is 0. The second-order valence-corrected chi connectivity index (χ2v) is 4.45. The molecule has 0 aromatic heterocycles. The van der Waals surface area contributed by atoms with E-state index in [1.165, 1.54) is 0 Å². The van der Waals surface area contributed by atoms with Crippen molar-refractivity contribution < 1.29 is 14.4 Å². The number of carbonyl (C=O) groups is 3. The summed E-state index contributed by atoms with van der Waals surface area (Å²) in [5, 5.41) is 4.96. The fourth-order valence-corrected chi connectivity index (χ4v) is 1.29. The van der Waals surface area contributed by atoms with E-state index < -0.39 is 18.1 Å². The third kappa shape index (κ3) is 6.85. The highest BCUT2D eigenvalue weighted by molar-refractivity contribution is 5.84. The summed E-state index contributed by atoms with van der Waals surface area (Å²) in [6.07, 6.45) is 1.64. The highest BCUT2D eigenvalue weighted by atomic mass is 16.2. The Balaban J connectivity index is 4.00. The molecular formula is C11H22N4O3. The Morgan fingerprint density at radius 1 is 1.33 bits per heavy atom. The lowest BCUT2D eigenvalue weighted by Crippen LogP contribution is -2.48. The van der Waals surface area contributed by atoms with Gasteiger partial charge in [0.15, 0.2) is 0 Å². The van der Waals surface area contributed by atoms with Crippen LogP contribution in [0.3, 0.4) is 0 Å². The molecule has 0 aromatic rings. The highest BCUT2D eigenvalue weighted by Crippen LogP contribution is 2.00. The second kappa shape index (κ2) is 8.46. The zero-order chi connectivity index (χ0) is 14.1. The molecule has 0 radical (unpaired) electrons. The molecule has 0 saturated heterocycles.